The van der Waals surface area contributed by atoms with Crippen LogP contribution in [0.5, 0.6) is 0 Å². The van der Waals surface area contributed by atoms with Gasteiger partial charge < -0.3 is 14.4 Å². The molecule has 43 heavy (non-hydrogen) atoms. The Bertz CT molecular complexity index is 1810. The molecule has 221 valence electrons. The second-order valence-corrected chi connectivity index (χ2v) is 17.3. The molecule has 4 heterocycles. The van der Waals surface area contributed by atoms with Gasteiger partial charge in [-0.05, 0) is 60.5 Å². The van der Waals surface area contributed by atoms with Crippen LogP contribution in [0, 0.1) is 19.1 Å². The molecule has 2 aromatic carbocycles. The monoisotopic (exact) mass is 760 g/mol. The number of furan rings is 1. The number of benzene rings is 2. The van der Waals surface area contributed by atoms with E-state index in [1.54, 1.807) is 16.9 Å². The average Bonchev–Trinajstić information content (AvgIpc) is 3.39. The maximum absolute atomic E-state index is 5.76. The first-order valence-corrected chi connectivity index (χ1v) is 18.5. The predicted molar refractivity (Wildman–Crippen MR) is 176 cm³/mol. The molecule has 1 radical (unpaired) electrons. The van der Waals surface area contributed by atoms with Crippen LogP contribution in [0.4, 0.5) is 0 Å². The van der Waals surface area contributed by atoms with Crippen molar-refractivity contribution < 1.29 is 24.5 Å². The third-order valence-corrected chi connectivity index (χ3v) is 10.2. The third-order valence-electron chi connectivity index (χ3n) is 8.12. The number of hydrogen-bond donors (Lipinski definition) is 0. The van der Waals surface area contributed by atoms with Crippen molar-refractivity contribution in [3.05, 3.63) is 109 Å². The topological polar surface area (TPSA) is 51.8 Å². The van der Waals surface area contributed by atoms with Gasteiger partial charge in [-0.1, -0.05) is 68.1 Å². The summed E-state index contributed by atoms with van der Waals surface area (Å²) in [6.45, 7) is 9.26. The van der Waals surface area contributed by atoms with Gasteiger partial charge in [0.25, 0.3) is 0 Å². The van der Waals surface area contributed by atoms with Crippen LogP contribution in [-0.4, -0.2) is 23.0 Å². The molecule has 6 heteroatoms. The van der Waals surface area contributed by atoms with Gasteiger partial charge in [0.1, 0.15) is 0 Å². The Labute approximate surface area is 269 Å². The Kier molecular flexibility index (Phi) is 9.70. The normalized spacial score (nSPS) is 13.8. The summed E-state index contributed by atoms with van der Waals surface area (Å²) in [5.41, 5.74) is 8.08. The van der Waals surface area contributed by atoms with Crippen LogP contribution in [0.3, 0.4) is 0 Å². The first-order valence-electron chi connectivity index (χ1n) is 15.0. The Morgan fingerprint density at radius 3 is 2.35 bits per heavy atom. The molecule has 0 unspecified atom stereocenters. The summed E-state index contributed by atoms with van der Waals surface area (Å²) in [6, 6.07) is 30.9. The van der Waals surface area contributed by atoms with Gasteiger partial charge in [0.15, 0.2) is 0 Å². The van der Waals surface area contributed by atoms with Crippen molar-refractivity contribution in [2.45, 2.75) is 64.6 Å². The van der Waals surface area contributed by atoms with Crippen molar-refractivity contribution in [3.63, 3.8) is 0 Å². The van der Waals surface area contributed by atoms with E-state index >= 15 is 0 Å². The van der Waals surface area contributed by atoms with Crippen molar-refractivity contribution >= 4 is 35.3 Å². The van der Waals surface area contributed by atoms with Crippen molar-refractivity contribution in [2.24, 2.45) is 0 Å². The Morgan fingerprint density at radius 1 is 0.814 bits per heavy atom. The van der Waals surface area contributed by atoms with E-state index in [0.717, 1.165) is 50.5 Å². The molecule has 1 fully saturated rings. The minimum Gasteiger partial charge on any atom is -0.486 e. The second-order valence-electron chi connectivity index (χ2n) is 12.3. The second kappa shape index (κ2) is 13.5. The molecule has 6 aromatic rings. The summed E-state index contributed by atoms with van der Waals surface area (Å²) in [4.78, 5) is 13.6. The molecule has 4 nitrogen and oxygen atoms in total. The fraction of sp³-hybridized carbons (Fsp3) is 0.270. The maximum atomic E-state index is 5.76. The van der Waals surface area contributed by atoms with Crippen LogP contribution in [0.1, 0.15) is 49.3 Å². The van der Waals surface area contributed by atoms with Crippen molar-refractivity contribution in [3.8, 4) is 22.5 Å². The van der Waals surface area contributed by atoms with Crippen molar-refractivity contribution in [1.82, 2.24) is 15.0 Å². The standard InChI is InChI=1S/C20H26NSi.C17H11N2O.Ir/c1-22(2,3)20-15-21-19(17-12-8-5-9-13-17)14-18(20)16-10-6-4-7-11-16;1-11-5-7-13-14-10-12(15-4-2-3-9-18-15)6-8-16(14)20-17(13)19-11;/h5,8-9,12,14-16H,4,6-7,10-11H2,1-3H3;2-5,7-10H,1H3;/q2*-1;. The van der Waals surface area contributed by atoms with Crippen LogP contribution < -0.4 is 5.19 Å². The number of aryl methyl sites for hydroxylation is 1. The van der Waals surface area contributed by atoms with Crippen molar-refractivity contribution in [1.29, 1.82) is 0 Å². The van der Waals surface area contributed by atoms with Gasteiger partial charge in [-0.2, -0.15) is 0 Å². The number of rotatable bonds is 4. The number of nitrogens with zero attached hydrogens (tertiary/aromatic N) is 3. The van der Waals surface area contributed by atoms with E-state index in [4.69, 9.17) is 9.40 Å². The van der Waals surface area contributed by atoms with E-state index in [1.165, 1.54) is 32.1 Å². The zero-order valence-corrected chi connectivity index (χ0v) is 28.7. The molecule has 0 N–H and O–H groups in total. The molecule has 1 aliphatic carbocycles. The smallest absolute Gasteiger partial charge is 0.216 e. The summed E-state index contributed by atoms with van der Waals surface area (Å²) in [7, 11) is -1.36. The molecule has 0 spiro atoms. The summed E-state index contributed by atoms with van der Waals surface area (Å²) in [6.07, 6.45) is 10.8. The van der Waals surface area contributed by atoms with Gasteiger partial charge in [-0.25, -0.2) is 4.98 Å². The maximum Gasteiger partial charge on any atom is 0.216 e. The van der Waals surface area contributed by atoms with Crippen molar-refractivity contribution in [2.75, 3.05) is 0 Å². The number of hydrogen-bond acceptors (Lipinski definition) is 4. The molecule has 0 amide bonds. The molecule has 0 aliphatic heterocycles. The predicted octanol–water partition coefficient (Wildman–Crippen LogP) is 9.29. The fourth-order valence-electron chi connectivity index (χ4n) is 5.91. The first-order chi connectivity index (χ1) is 20.4. The van der Waals surface area contributed by atoms with Gasteiger partial charge in [0.05, 0.1) is 13.7 Å². The zero-order chi connectivity index (χ0) is 29.1. The summed E-state index contributed by atoms with van der Waals surface area (Å²) < 4.78 is 5.76. The Morgan fingerprint density at radius 2 is 1.63 bits per heavy atom. The third kappa shape index (κ3) is 7.04. The molecular formula is C37H37IrN3OSi-2. The number of aromatic nitrogens is 3. The summed E-state index contributed by atoms with van der Waals surface area (Å²) in [5, 5.41) is 3.63. The molecule has 0 atom stereocenters. The quantitative estimate of drug-likeness (QED) is 0.133. The number of fused-ring (bicyclic) bond motifs is 3. The van der Waals surface area contributed by atoms with E-state index in [0.29, 0.717) is 5.71 Å². The molecule has 0 saturated heterocycles. The van der Waals surface area contributed by atoms with Crippen LogP contribution in [-0.2, 0) is 20.1 Å². The van der Waals surface area contributed by atoms with Crippen LogP contribution in [0.15, 0.2) is 89.6 Å². The zero-order valence-electron chi connectivity index (χ0n) is 25.3. The first kappa shape index (κ1) is 31.0. The van der Waals surface area contributed by atoms with Crippen LogP contribution >= 0.6 is 0 Å². The van der Waals surface area contributed by atoms with Gasteiger partial charge in [-0.15, -0.1) is 59.7 Å². The van der Waals surface area contributed by atoms with E-state index < -0.39 is 8.07 Å². The van der Waals surface area contributed by atoms with E-state index in [1.807, 2.05) is 55.5 Å². The van der Waals surface area contributed by atoms with Crippen LogP contribution in [0.25, 0.3) is 44.6 Å². The van der Waals surface area contributed by atoms with Gasteiger partial charge in [-0.3, -0.25) is 0 Å². The van der Waals surface area contributed by atoms with Gasteiger partial charge >= 0.3 is 0 Å². The SMILES string of the molecule is C[Si](C)(C)c1cnc(-c2[c-]cccc2)cc1C1CCCCC1.Cc1ccc2c(n1)oc1c[c-]c(-c3ccccn3)cc12.[Ir]. The van der Waals surface area contributed by atoms with E-state index in [9.17, 15) is 0 Å². The van der Waals surface area contributed by atoms with E-state index in [2.05, 4.69) is 72.2 Å². The minimum absolute atomic E-state index is 0. The average molecular weight is 760 g/mol. The molecule has 1 aliphatic rings. The molecule has 0 bridgehead atoms. The molecular weight excluding hydrogens is 723 g/mol. The molecule has 4 aromatic heterocycles. The summed E-state index contributed by atoms with van der Waals surface area (Å²) in [5.74, 6) is 0.737. The Hall–Kier alpha value is -3.44. The van der Waals surface area contributed by atoms with E-state index in [-0.39, 0.29) is 20.1 Å². The molecule has 7 rings (SSSR count). The van der Waals surface area contributed by atoms with Gasteiger partial charge in [0, 0.05) is 43.6 Å². The fourth-order valence-corrected chi connectivity index (χ4v) is 7.51. The largest absolute Gasteiger partial charge is 0.486 e. The minimum atomic E-state index is -1.36. The Balaban J connectivity index is 0.000000168. The summed E-state index contributed by atoms with van der Waals surface area (Å²) >= 11 is 0. The van der Waals surface area contributed by atoms with Crippen LogP contribution in [0.2, 0.25) is 19.6 Å². The number of pyridine rings is 3. The molecule has 1 saturated carbocycles. The van der Waals surface area contributed by atoms with Gasteiger partial charge in [0.2, 0.25) is 5.71 Å².